The summed E-state index contributed by atoms with van der Waals surface area (Å²) in [5.74, 6) is 0.336. The molecule has 1 unspecified atom stereocenters. The Morgan fingerprint density at radius 1 is 1.35 bits per heavy atom. The van der Waals surface area contributed by atoms with Crippen molar-refractivity contribution in [3.05, 3.63) is 0 Å². The second-order valence-electron chi connectivity index (χ2n) is 4.68. The minimum atomic E-state index is -2.85. The number of carbonyl (C=O) groups is 1. The quantitative estimate of drug-likeness (QED) is 0.735. The van der Waals surface area contributed by atoms with Crippen LogP contribution in [0.2, 0.25) is 0 Å². The molecular weight excluding hydrogens is 240 g/mol. The molecule has 100 valence electrons. The van der Waals surface area contributed by atoms with Gasteiger partial charge >= 0.3 is 0 Å². The maximum Gasteiger partial charge on any atom is 0.234 e. The van der Waals surface area contributed by atoms with Crippen molar-refractivity contribution >= 4 is 15.7 Å². The topological polar surface area (TPSA) is 75.3 Å². The van der Waals surface area contributed by atoms with Crippen LogP contribution in [0.3, 0.4) is 0 Å². The van der Waals surface area contributed by atoms with Gasteiger partial charge in [-0.15, -0.1) is 0 Å². The van der Waals surface area contributed by atoms with E-state index < -0.39 is 9.84 Å². The van der Waals surface area contributed by atoms with Crippen molar-refractivity contribution in [2.45, 2.75) is 45.2 Å². The molecule has 1 aliphatic rings. The van der Waals surface area contributed by atoms with Gasteiger partial charge in [0.25, 0.3) is 0 Å². The van der Waals surface area contributed by atoms with Crippen molar-refractivity contribution in [2.75, 3.05) is 18.1 Å². The molecule has 2 N–H and O–H groups in total. The van der Waals surface area contributed by atoms with Gasteiger partial charge in [0.1, 0.15) is 9.84 Å². The first kappa shape index (κ1) is 14.4. The van der Waals surface area contributed by atoms with E-state index in [1.54, 1.807) is 0 Å². The smallest absolute Gasteiger partial charge is 0.234 e. The fourth-order valence-electron chi connectivity index (χ4n) is 1.72. The molecule has 1 fully saturated rings. The summed E-state index contributed by atoms with van der Waals surface area (Å²) in [5.41, 5.74) is 0. The van der Waals surface area contributed by atoms with Crippen LogP contribution in [-0.4, -0.2) is 44.5 Å². The molecule has 0 spiro atoms. The van der Waals surface area contributed by atoms with Gasteiger partial charge in [-0.05, 0) is 26.2 Å². The number of amides is 1. The van der Waals surface area contributed by atoms with Crippen molar-refractivity contribution in [3.63, 3.8) is 0 Å². The van der Waals surface area contributed by atoms with E-state index in [1.165, 1.54) is 0 Å². The first-order valence-electron chi connectivity index (χ1n) is 6.16. The number of rotatable bonds is 5. The molecule has 1 heterocycles. The van der Waals surface area contributed by atoms with Crippen LogP contribution in [0, 0.1) is 0 Å². The van der Waals surface area contributed by atoms with Gasteiger partial charge < -0.3 is 10.6 Å². The maximum absolute atomic E-state index is 11.6. The zero-order chi connectivity index (χ0) is 12.9. The predicted octanol–water partition coefficient (Wildman–Crippen LogP) is 0.0679. The minimum Gasteiger partial charge on any atom is -0.352 e. The van der Waals surface area contributed by atoms with Crippen LogP contribution in [0.4, 0.5) is 0 Å². The Morgan fingerprint density at radius 2 is 1.94 bits per heavy atom. The zero-order valence-electron chi connectivity index (χ0n) is 10.5. The summed E-state index contributed by atoms with van der Waals surface area (Å²) in [6.45, 7) is 4.39. The molecule has 0 saturated carbocycles. The Hall–Kier alpha value is -0.620. The summed E-state index contributed by atoms with van der Waals surface area (Å²) >= 11 is 0. The fraction of sp³-hybridized carbons (Fsp3) is 0.909. The number of nitrogens with one attached hydrogen (secondary N) is 2. The summed E-state index contributed by atoms with van der Waals surface area (Å²) in [5, 5.41) is 5.98. The van der Waals surface area contributed by atoms with Gasteiger partial charge in [0.15, 0.2) is 0 Å². The van der Waals surface area contributed by atoms with E-state index in [2.05, 4.69) is 17.6 Å². The molecule has 1 atom stereocenters. The molecule has 1 amide bonds. The largest absolute Gasteiger partial charge is 0.352 e. The highest BCUT2D eigenvalue weighted by atomic mass is 32.2. The van der Waals surface area contributed by atoms with Crippen LogP contribution in [0.25, 0.3) is 0 Å². The third-order valence-corrected chi connectivity index (χ3v) is 4.86. The van der Waals surface area contributed by atoms with Gasteiger partial charge in [0.2, 0.25) is 5.91 Å². The van der Waals surface area contributed by atoms with Gasteiger partial charge in [0.05, 0.1) is 18.1 Å². The zero-order valence-corrected chi connectivity index (χ0v) is 11.3. The molecule has 0 aromatic heterocycles. The van der Waals surface area contributed by atoms with Gasteiger partial charge in [-0.2, -0.15) is 0 Å². The van der Waals surface area contributed by atoms with Crippen molar-refractivity contribution < 1.29 is 13.2 Å². The monoisotopic (exact) mass is 262 g/mol. The highest BCUT2D eigenvalue weighted by Gasteiger charge is 2.24. The Bertz CT molecular complexity index is 340. The molecule has 6 heteroatoms. The van der Waals surface area contributed by atoms with E-state index in [0.717, 1.165) is 6.42 Å². The van der Waals surface area contributed by atoms with Crippen LogP contribution < -0.4 is 10.6 Å². The molecule has 0 aromatic carbocycles. The number of carbonyl (C=O) groups excluding carboxylic acids is 1. The van der Waals surface area contributed by atoms with E-state index in [-0.39, 0.29) is 23.5 Å². The molecule has 1 saturated heterocycles. The predicted molar refractivity (Wildman–Crippen MR) is 67.6 cm³/mol. The van der Waals surface area contributed by atoms with Crippen molar-refractivity contribution in [3.8, 4) is 0 Å². The van der Waals surface area contributed by atoms with E-state index in [0.29, 0.717) is 25.4 Å². The van der Waals surface area contributed by atoms with E-state index in [1.807, 2.05) is 6.92 Å². The Balaban J connectivity index is 2.24. The van der Waals surface area contributed by atoms with Crippen molar-refractivity contribution in [2.24, 2.45) is 0 Å². The van der Waals surface area contributed by atoms with Crippen LogP contribution in [0.1, 0.15) is 33.1 Å². The van der Waals surface area contributed by atoms with E-state index >= 15 is 0 Å². The molecule has 0 aromatic rings. The second-order valence-corrected chi connectivity index (χ2v) is 6.99. The normalized spacial score (nSPS) is 22.0. The van der Waals surface area contributed by atoms with Crippen molar-refractivity contribution in [1.82, 2.24) is 10.6 Å². The maximum atomic E-state index is 11.6. The lowest BCUT2D eigenvalue weighted by atomic mass is 10.1. The molecule has 0 bridgehead atoms. The summed E-state index contributed by atoms with van der Waals surface area (Å²) < 4.78 is 22.4. The third kappa shape index (κ3) is 5.50. The lowest BCUT2D eigenvalue weighted by molar-refractivity contribution is -0.121. The van der Waals surface area contributed by atoms with Crippen LogP contribution in [0.5, 0.6) is 0 Å². The number of hydrogen-bond donors (Lipinski definition) is 2. The van der Waals surface area contributed by atoms with Gasteiger partial charge in [-0.1, -0.05) is 6.92 Å². The molecule has 5 nitrogen and oxygen atoms in total. The summed E-state index contributed by atoms with van der Waals surface area (Å²) in [6, 6.07) is 0.345. The molecule has 1 aliphatic heterocycles. The lowest BCUT2D eigenvalue weighted by Crippen LogP contribution is -2.45. The molecule has 0 aliphatic carbocycles. The molecule has 17 heavy (non-hydrogen) atoms. The van der Waals surface area contributed by atoms with Gasteiger partial charge in [-0.3, -0.25) is 4.79 Å². The molecular formula is C11H22N2O3S. The third-order valence-electron chi connectivity index (χ3n) is 3.14. The lowest BCUT2D eigenvalue weighted by Gasteiger charge is -2.23. The minimum absolute atomic E-state index is 0.0183. The highest BCUT2D eigenvalue weighted by molar-refractivity contribution is 7.91. The van der Waals surface area contributed by atoms with Gasteiger partial charge in [-0.25, -0.2) is 8.42 Å². The first-order valence-corrected chi connectivity index (χ1v) is 7.98. The second kappa shape index (κ2) is 6.35. The summed E-state index contributed by atoms with van der Waals surface area (Å²) in [6.07, 6.45) is 2.06. The average molecular weight is 262 g/mol. The van der Waals surface area contributed by atoms with Crippen molar-refractivity contribution in [1.29, 1.82) is 0 Å². The van der Waals surface area contributed by atoms with Crippen LogP contribution >= 0.6 is 0 Å². The van der Waals surface area contributed by atoms with Gasteiger partial charge in [0, 0.05) is 12.1 Å². The molecule has 0 radical (unpaired) electrons. The standard InChI is InChI=1S/C11H22N2O3S/c1-3-9(2)12-8-11(14)13-10-4-6-17(15,16)7-5-10/h9-10,12H,3-8H2,1-2H3,(H,13,14). The van der Waals surface area contributed by atoms with Crippen LogP contribution in [-0.2, 0) is 14.6 Å². The number of sulfone groups is 1. The summed E-state index contributed by atoms with van der Waals surface area (Å²) in [4.78, 5) is 11.6. The van der Waals surface area contributed by atoms with E-state index in [9.17, 15) is 13.2 Å². The van der Waals surface area contributed by atoms with Crippen LogP contribution in [0.15, 0.2) is 0 Å². The Morgan fingerprint density at radius 3 is 2.47 bits per heavy atom. The average Bonchev–Trinajstić information content (AvgIpc) is 2.29. The molecule has 1 rings (SSSR count). The fourth-order valence-corrected chi connectivity index (χ4v) is 3.22. The van der Waals surface area contributed by atoms with E-state index in [4.69, 9.17) is 0 Å². The Kier molecular flexibility index (Phi) is 5.39. The highest BCUT2D eigenvalue weighted by Crippen LogP contribution is 2.11. The number of hydrogen-bond acceptors (Lipinski definition) is 4. The first-order chi connectivity index (χ1) is 7.93. The SMILES string of the molecule is CCC(C)NCC(=O)NC1CCS(=O)(=O)CC1. The summed E-state index contributed by atoms with van der Waals surface area (Å²) in [7, 11) is -2.85. The Labute approximate surface area is 103 Å².